The lowest BCUT2D eigenvalue weighted by molar-refractivity contribution is -0.144. The minimum Gasteiger partial charge on any atom is -0.466 e. The maximum absolute atomic E-state index is 12.3. The number of aromatic nitrogens is 2. The van der Waals surface area contributed by atoms with Gasteiger partial charge in [0.05, 0.1) is 13.0 Å². The van der Waals surface area contributed by atoms with Crippen LogP contribution in [-0.4, -0.2) is 35.0 Å². The molecule has 0 atom stereocenters. The van der Waals surface area contributed by atoms with Crippen molar-refractivity contribution in [2.24, 2.45) is 5.92 Å². The number of ether oxygens (including phenoxy) is 1. The molecule has 9 heteroatoms. The minimum absolute atomic E-state index is 0.109. The normalized spacial score (nSPS) is 16.3. The van der Waals surface area contributed by atoms with Gasteiger partial charge in [-0.15, -0.1) is 0 Å². The standard InChI is InChI=1S/C10H12F3N3O2S/c1-2-18-7(17)3-6-4-16(5-6)9-14-8(15-19-9)10(11,12)13/h6H,2-5H2,1H3. The first-order chi connectivity index (χ1) is 8.90. The van der Waals surface area contributed by atoms with E-state index in [4.69, 9.17) is 4.74 Å². The van der Waals surface area contributed by atoms with Crippen LogP contribution >= 0.6 is 11.5 Å². The molecule has 1 aliphatic rings. The Kier molecular flexibility index (Phi) is 3.93. The SMILES string of the molecule is CCOC(=O)CC1CN(c2nc(C(F)(F)F)ns2)C1. The number of esters is 1. The van der Waals surface area contributed by atoms with Crippen molar-refractivity contribution in [2.45, 2.75) is 19.5 Å². The van der Waals surface area contributed by atoms with Crippen molar-refractivity contribution >= 4 is 22.6 Å². The molecule has 1 fully saturated rings. The van der Waals surface area contributed by atoms with E-state index in [1.165, 1.54) is 0 Å². The van der Waals surface area contributed by atoms with E-state index in [1.807, 2.05) is 0 Å². The topological polar surface area (TPSA) is 55.3 Å². The molecule has 0 bridgehead atoms. The molecule has 1 aromatic rings. The number of rotatable bonds is 4. The van der Waals surface area contributed by atoms with E-state index >= 15 is 0 Å². The van der Waals surface area contributed by atoms with Gasteiger partial charge in [0.15, 0.2) is 0 Å². The second kappa shape index (κ2) is 5.32. The summed E-state index contributed by atoms with van der Waals surface area (Å²) < 4.78 is 45.1. The van der Waals surface area contributed by atoms with E-state index < -0.39 is 12.0 Å². The third-order valence-electron chi connectivity index (χ3n) is 2.66. The van der Waals surface area contributed by atoms with Crippen molar-refractivity contribution < 1.29 is 22.7 Å². The molecular formula is C10H12F3N3O2S. The molecule has 5 nitrogen and oxygen atoms in total. The number of nitrogens with zero attached hydrogens (tertiary/aromatic N) is 3. The molecule has 0 spiro atoms. The van der Waals surface area contributed by atoms with E-state index in [1.54, 1.807) is 11.8 Å². The molecule has 0 unspecified atom stereocenters. The van der Waals surface area contributed by atoms with Gasteiger partial charge in [0.2, 0.25) is 11.0 Å². The van der Waals surface area contributed by atoms with Crippen LogP contribution in [0, 0.1) is 5.92 Å². The van der Waals surface area contributed by atoms with Crippen molar-refractivity contribution in [1.82, 2.24) is 9.36 Å². The highest BCUT2D eigenvalue weighted by atomic mass is 32.1. The summed E-state index contributed by atoms with van der Waals surface area (Å²) in [7, 11) is 0. The van der Waals surface area contributed by atoms with Crippen LogP contribution in [0.1, 0.15) is 19.2 Å². The maximum Gasteiger partial charge on any atom is 0.452 e. The molecule has 1 aliphatic heterocycles. The van der Waals surface area contributed by atoms with Gasteiger partial charge < -0.3 is 9.64 Å². The lowest BCUT2D eigenvalue weighted by Crippen LogP contribution is -2.47. The predicted octanol–water partition coefficient (Wildman–Crippen LogP) is 1.95. The highest BCUT2D eigenvalue weighted by Crippen LogP contribution is 2.33. The molecule has 0 aliphatic carbocycles. The Morgan fingerprint density at radius 3 is 2.74 bits per heavy atom. The van der Waals surface area contributed by atoms with Gasteiger partial charge in [-0.1, -0.05) is 0 Å². The Morgan fingerprint density at radius 1 is 1.53 bits per heavy atom. The van der Waals surface area contributed by atoms with Crippen molar-refractivity contribution in [3.63, 3.8) is 0 Å². The number of halogens is 3. The number of hydrogen-bond acceptors (Lipinski definition) is 6. The number of carbonyl (C=O) groups excluding carboxylic acids is 1. The second-order valence-corrected chi connectivity index (χ2v) is 4.91. The molecule has 106 valence electrons. The van der Waals surface area contributed by atoms with E-state index in [0.717, 1.165) is 11.5 Å². The lowest BCUT2D eigenvalue weighted by atomic mass is 9.97. The molecule has 2 heterocycles. The van der Waals surface area contributed by atoms with Gasteiger partial charge in [0.25, 0.3) is 0 Å². The van der Waals surface area contributed by atoms with E-state index in [9.17, 15) is 18.0 Å². The average Bonchev–Trinajstić information content (AvgIpc) is 2.71. The van der Waals surface area contributed by atoms with E-state index in [0.29, 0.717) is 19.7 Å². The van der Waals surface area contributed by atoms with Gasteiger partial charge >= 0.3 is 12.1 Å². The molecule has 0 radical (unpaired) electrons. The predicted molar refractivity (Wildman–Crippen MR) is 61.9 cm³/mol. The first-order valence-corrected chi connectivity index (χ1v) is 6.49. The zero-order valence-electron chi connectivity index (χ0n) is 10.1. The molecule has 0 N–H and O–H groups in total. The van der Waals surface area contributed by atoms with Crippen molar-refractivity contribution in [2.75, 3.05) is 24.6 Å². The summed E-state index contributed by atoms with van der Waals surface area (Å²) in [6.07, 6.45) is -4.22. The molecule has 0 aromatic carbocycles. The number of hydrogen-bond donors (Lipinski definition) is 0. The number of carbonyl (C=O) groups is 1. The summed E-state index contributed by atoms with van der Waals surface area (Å²) in [4.78, 5) is 16.3. The summed E-state index contributed by atoms with van der Waals surface area (Å²) in [5.41, 5.74) is 0. The minimum atomic E-state index is -4.51. The second-order valence-electron chi connectivity index (χ2n) is 4.18. The summed E-state index contributed by atoms with van der Waals surface area (Å²) in [6, 6.07) is 0. The molecule has 1 saturated heterocycles. The zero-order chi connectivity index (χ0) is 14.0. The smallest absolute Gasteiger partial charge is 0.452 e. The Balaban J connectivity index is 1.84. The fraction of sp³-hybridized carbons (Fsp3) is 0.700. The Hall–Kier alpha value is -1.38. The van der Waals surface area contributed by atoms with E-state index in [-0.39, 0.29) is 23.4 Å². The van der Waals surface area contributed by atoms with Crippen LogP contribution in [0.25, 0.3) is 0 Å². The van der Waals surface area contributed by atoms with Gasteiger partial charge in [0, 0.05) is 30.5 Å². The maximum atomic E-state index is 12.3. The summed E-state index contributed by atoms with van der Waals surface area (Å²) in [6.45, 7) is 3.07. The third kappa shape index (κ3) is 3.34. The van der Waals surface area contributed by atoms with E-state index in [2.05, 4.69) is 9.36 Å². The van der Waals surface area contributed by atoms with Crippen LogP contribution in [0.3, 0.4) is 0 Å². The lowest BCUT2D eigenvalue weighted by Gasteiger charge is -2.38. The van der Waals surface area contributed by atoms with Crippen LogP contribution in [0.15, 0.2) is 0 Å². The first-order valence-electron chi connectivity index (χ1n) is 5.71. The van der Waals surface area contributed by atoms with Crippen LogP contribution in [-0.2, 0) is 15.7 Å². The summed E-state index contributed by atoms with van der Waals surface area (Å²) >= 11 is 0.720. The quantitative estimate of drug-likeness (QED) is 0.795. The first kappa shape index (κ1) is 14.0. The molecule has 19 heavy (non-hydrogen) atoms. The van der Waals surface area contributed by atoms with Gasteiger partial charge in [-0.05, 0) is 6.92 Å². The fourth-order valence-corrected chi connectivity index (χ4v) is 2.47. The number of anilines is 1. The molecule has 1 aromatic heterocycles. The van der Waals surface area contributed by atoms with Crippen LogP contribution in [0.5, 0.6) is 0 Å². The number of alkyl halides is 3. The van der Waals surface area contributed by atoms with Crippen molar-refractivity contribution in [3.05, 3.63) is 5.82 Å². The molecular weight excluding hydrogens is 283 g/mol. The Bertz CT molecular complexity index is 457. The highest BCUT2D eigenvalue weighted by molar-refractivity contribution is 7.09. The summed E-state index contributed by atoms with van der Waals surface area (Å²) in [5, 5.41) is 0.243. The fourth-order valence-electron chi connectivity index (χ4n) is 1.77. The Morgan fingerprint density at radius 2 is 2.21 bits per heavy atom. The average molecular weight is 295 g/mol. The van der Waals surface area contributed by atoms with Crippen molar-refractivity contribution in [1.29, 1.82) is 0 Å². The summed E-state index contributed by atoms with van der Waals surface area (Å²) in [5.74, 6) is -1.28. The highest BCUT2D eigenvalue weighted by Gasteiger charge is 2.38. The van der Waals surface area contributed by atoms with Gasteiger partial charge in [-0.25, -0.2) is 0 Å². The zero-order valence-corrected chi connectivity index (χ0v) is 10.9. The Labute approximate surface area is 111 Å². The van der Waals surface area contributed by atoms with Crippen molar-refractivity contribution in [3.8, 4) is 0 Å². The van der Waals surface area contributed by atoms with Gasteiger partial charge in [0.1, 0.15) is 0 Å². The molecule has 0 saturated carbocycles. The van der Waals surface area contributed by atoms with Gasteiger partial charge in [-0.3, -0.25) is 4.79 Å². The van der Waals surface area contributed by atoms with Crippen LogP contribution in [0.2, 0.25) is 0 Å². The van der Waals surface area contributed by atoms with Crippen LogP contribution < -0.4 is 4.90 Å². The van der Waals surface area contributed by atoms with Gasteiger partial charge in [-0.2, -0.15) is 22.5 Å². The molecule has 0 amide bonds. The third-order valence-corrected chi connectivity index (χ3v) is 3.43. The molecule has 2 rings (SSSR count). The van der Waals surface area contributed by atoms with Crippen LogP contribution in [0.4, 0.5) is 18.3 Å². The monoisotopic (exact) mass is 295 g/mol. The largest absolute Gasteiger partial charge is 0.466 e.